The van der Waals surface area contributed by atoms with E-state index in [1.165, 1.54) is 12.1 Å². The van der Waals surface area contributed by atoms with Crippen LogP contribution in [0.15, 0.2) is 36.4 Å². The summed E-state index contributed by atoms with van der Waals surface area (Å²) in [6.07, 6.45) is 0. The Kier molecular flexibility index (Phi) is 3.76. The van der Waals surface area contributed by atoms with Gasteiger partial charge in [-0.2, -0.15) is 0 Å². The molecular weight excluding hydrogens is 255 g/mol. The van der Waals surface area contributed by atoms with Crippen molar-refractivity contribution in [3.8, 4) is 11.5 Å². The van der Waals surface area contributed by atoms with E-state index in [1.807, 2.05) is 0 Å². The van der Waals surface area contributed by atoms with Crippen LogP contribution in [0.25, 0.3) is 0 Å². The fourth-order valence-electron chi connectivity index (χ4n) is 1.56. The molecule has 19 heavy (non-hydrogen) atoms. The third kappa shape index (κ3) is 3.06. The van der Waals surface area contributed by atoms with Crippen molar-refractivity contribution in [3.05, 3.63) is 59.4 Å². The summed E-state index contributed by atoms with van der Waals surface area (Å²) in [6, 6.07) is 6.51. The zero-order valence-corrected chi connectivity index (χ0v) is 10.2. The number of ether oxygens (including phenoxy) is 1. The first-order valence-electron chi connectivity index (χ1n) is 5.65. The third-order valence-electron chi connectivity index (χ3n) is 2.59. The van der Waals surface area contributed by atoms with Gasteiger partial charge >= 0.3 is 0 Å². The lowest BCUT2D eigenvalue weighted by atomic mass is 10.1. The summed E-state index contributed by atoms with van der Waals surface area (Å²) in [4.78, 5) is 0. The second kappa shape index (κ2) is 5.32. The smallest absolute Gasteiger partial charge is 0.166 e. The molecule has 0 fully saturated rings. The minimum absolute atomic E-state index is 0.186. The highest BCUT2D eigenvalue weighted by Crippen LogP contribution is 2.28. The maximum absolute atomic E-state index is 13.7. The van der Waals surface area contributed by atoms with Crippen LogP contribution >= 0.6 is 0 Å². The van der Waals surface area contributed by atoms with Crippen molar-refractivity contribution in [1.82, 2.24) is 0 Å². The van der Waals surface area contributed by atoms with Gasteiger partial charge in [-0.1, -0.05) is 6.07 Å². The lowest BCUT2D eigenvalue weighted by Crippen LogP contribution is -2.05. The van der Waals surface area contributed by atoms with Crippen LogP contribution in [0.5, 0.6) is 11.5 Å². The van der Waals surface area contributed by atoms with Gasteiger partial charge in [-0.25, -0.2) is 13.2 Å². The molecule has 0 heterocycles. The van der Waals surface area contributed by atoms with Crippen molar-refractivity contribution >= 4 is 0 Å². The molecule has 0 saturated carbocycles. The zero-order valence-electron chi connectivity index (χ0n) is 10.2. The molecule has 2 rings (SSSR count). The highest BCUT2D eigenvalue weighted by molar-refractivity contribution is 5.36. The molecule has 0 amide bonds. The minimum atomic E-state index is -0.767. The fraction of sp³-hybridized carbons (Fsp3) is 0.143. The Balaban J connectivity index is 2.31. The lowest BCUT2D eigenvalue weighted by Gasteiger charge is -2.10. The molecule has 0 aliphatic rings. The quantitative estimate of drug-likeness (QED) is 0.914. The molecular formula is C14H12F3NO. The van der Waals surface area contributed by atoms with Crippen molar-refractivity contribution in [2.45, 2.75) is 13.0 Å². The van der Waals surface area contributed by atoms with Crippen LogP contribution in [0.2, 0.25) is 0 Å². The molecule has 0 bridgehead atoms. The SMILES string of the molecule is CC(N)c1ccc(Oc2cc(F)ccc2F)c(F)c1. The van der Waals surface area contributed by atoms with E-state index in [2.05, 4.69) is 0 Å². The summed E-state index contributed by atoms with van der Waals surface area (Å²) >= 11 is 0. The molecule has 0 radical (unpaired) electrons. The van der Waals surface area contributed by atoms with Gasteiger partial charge in [0.1, 0.15) is 5.82 Å². The summed E-state index contributed by atoms with van der Waals surface area (Å²) in [7, 11) is 0. The van der Waals surface area contributed by atoms with Crippen LogP contribution in [-0.2, 0) is 0 Å². The molecule has 2 N–H and O–H groups in total. The Labute approximate surface area is 108 Å². The molecule has 100 valence electrons. The van der Waals surface area contributed by atoms with Crippen molar-refractivity contribution in [2.24, 2.45) is 5.73 Å². The van der Waals surface area contributed by atoms with E-state index in [9.17, 15) is 13.2 Å². The first-order valence-corrected chi connectivity index (χ1v) is 5.65. The van der Waals surface area contributed by atoms with Gasteiger partial charge < -0.3 is 10.5 Å². The second-order valence-electron chi connectivity index (χ2n) is 4.16. The Morgan fingerprint density at radius 3 is 2.32 bits per heavy atom. The van der Waals surface area contributed by atoms with Gasteiger partial charge in [-0.3, -0.25) is 0 Å². The minimum Gasteiger partial charge on any atom is -0.451 e. The van der Waals surface area contributed by atoms with E-state index < -0.39 is 17.5 Å². The van der Waals surface area contributed by atoms with Crippen LogP contribution in [0.4, 0.5) is 13.2 Å². The molecule has 0 aromatic heterocycles. The van der Waals surface area contributed by atoms with Crippen LogP contribution in [0.1, 0.15) is 18.5 Å². The molecule has 0 aliphatic heterocycles. The lowest BCUT2D eigenvalue weighted by molar-refractivity contribution is 0.410. The molecule has 0 aliphatic carbocycles. The van der Waals surface area contributed by atoms with Gasteiger partial charge in [-0.05, 0) is 36.8 Å². The zero-order chi connectivity index (χ0) is 14.0. The van der Waals surface area contributed by atoms with Gasteiger partial charge in [0.25, 0.3) is 0 Å². The Morgan fingerprint density at radius 2 is 1.68 bits per heavy atom. The maximum Gasteiger partial charge on any atom is 0.166 e. The van der Waals surface area contributed by atoms with E-state index in [1.54, 1.807) is 13.0 Å². The summed E-state index contributed by atoms with van der Waals surface area (Å²) in [5.41, 5.74) is 6.20. The summed E-state index contributed by atoms with van der Waals surface area (Å²) in [5, 5.41) is 0. The Bertz CT molecular complexity index is 599. The molecule has 2 aromatic carbocycles. The monoisotopic (exact) mass is 267 g/mol. The van der Waals surface area contributed by atoms with Crippen LogP contribution in [0.3, 0.4) is 0 Å². The number of rotatable bonds is 3. The normalized spacial score (nSPS) is 12.3. The van der Waals surface area contributed by atoms with E-state index in [0.717, 1.165) is 18.2 Å². The second-order valence-corrected chi connectivity index (χ2v) is 4.16. The van der Waals surface area contributed by atoms with E-state index in [-0.39, 0.29) is 17.5 Å². The van der Waals surface area contributed by atoms with Crippen molar-refractivity contribution in [2.75, 3.05) is 0 Å². The standard InChI is InChI=1S/C14H12F3NO/c1-8(18)9-2-5-13(12(17)6-9)19-14-7-10(15)3-4-11(14)16/h2-8H,18H2,1H3. The molecule has 1 unspecified atom stereocenters. The van der Waals surface area contributed by atoms with E-state index >= 15 is 0 Å². The number of hydrogen-bond donors (Lipinski definition) is 1. The average Bonchev–Trinajstić information content (AvgIpc) is 2.36. The molecule has 0 spiro atoms. The van der Waals surface area contributed by atoms with Crippen molar-refractivity contribution < 1.29 is 17.9 Å². The van der Waals surface area contributed by atoms with Gasteiger partial charge in [0, 0.05) is 12.1 Å². The molecule has 2 nitrogen and oxygen atoms in total. The highest BCUT2D eigenvalue weighted by atomic mass is 19.1. The predicted octanol–water partition coefficient (Wildman–Crippen LogP) is 3.92. The maximum atomic E-state index is 13.7. The molecule has 0 saturated heterocycles. The van der Waals surface area contributed by atoms with Gasteiger partial charge in [0.15, 0.2) is 23.1 Å². The number of nitrogens with two attached hydrogens (primary N) is 1. The van der Waals surface area contributed by atoms with Crippen molar-refractivity contribution in [3.63, 3.8) is 0 Å². The third-order valence-corrected chi connectivity index (χ3v) is 2.59. The summed E-state index contributed by atoms with van der Waals surface area (Å²) in [6.45, 7) is 1.71. The molecule has 5 heteroatoms. The molecule has 1 atom stereocenters. The summed E-state index contributed by atoms with van der Waals surface area (Å²) in [5.74, 6) is -2.67. The van der Waals surface area contributed by atoms with Gasteiger partial charge in [0.2, 0.25) is 0 Å². The number of benzene rings is 2. The topological polar surface area (TPSA) is 35.2 Å². The molecule has 2 aromatic rings. The summed E-state index contributed by atoms with van der Waals surface area (Å²) < 4.78 is 45.1. The average molecular weight is 267 g/mol. The number of halogens is 3. The fourth-order valence-corrected chi connectivity index (χ4v) is 1.56. The van der Waals surface area contributed by atoms with Crippen LogP contribution < -0.4 is 10.5 Å². The largest absolute Gasteiger partial charge is 0.451 e. The first-order chi connectivity index (χ1) is 8.97. The van der Waals surface area contributed by atoms with Crippen molar-refractivity contribution in [1.29, 1.82) is 0 Å². The van der Waals surface area contributed by atoms with Gasteiger partial charge in [0.05, 0.1) is 0 Å². The Hall–Kier alpha value is -2.01. The van der Waals surface area contributed by atoms with Crippen LogP contribution in [0, 0.1) is 17.5 Å². The van der Waals surface area contributed by atoms with E-state index in [0.29, 0.717) is 5.56 Å². The van der Waals surface area contributed by atoms with E-state index in [4.69, 9.17) is 10.5 Å². The first kappa shape index (κ1) is 13.4. The van der Waals surface area contributed by atoms with Gasteiger partial charge in [-0.15, -0.1) is 0 Å². The van der Waals surface area contributed by atoms with Crippen LogP contribution in [-0.4, -0.2) is 0 Å². The number of hydrogen-bond acceptors (Lipinski definition) is 2. The Morgan fingerprint density at radius 1 is 0.947 bits per heavy atom. The predicted molar refractivity (Wildman–Crippen MR) is 65.4 cm³/mol. The highest BCUT2D eigenvalue weighted by Gasteiger charge is 2.11.